The second-order valence-electron chi connectivity index (χ2n) is 3.96. The van der Waals surface area contributed by atoms with Crippen molar-refractivity contribution in [3.05, 3.63) is 33.3 Å². The summed E-state index contributed by atoms with van der Waals surface area (Å²) in [6, 6.07) is 5.62. The first-order valence-electron chi connectivity index (χ1n) is 4.72. The molecule has 2 rings (SSSR count). The molecular formula is C11H12BrClO. The number of hydrogen-bond acceptors (Lipinski definition) is 1. The molecule has 1 saturated carbocycles. The van der Waals surface area contributed by atoms with Crippen LogP contribution in [0.2, 0.25) is 5.02 Å². The maximum absolute atomic E-state index is 10.4. The summed E-state index contributed by atoms with van der Waals surface area (Å²) >= 11 is 9.54. The molecule has 0 radical (unpaired) electrons. The SMILES string of the molecule is CC1CCC1(O)c1c(Cl)cccc1Br. The Bertz CT molecular complexity index is 346. The quantitative estimate of drug-likeness (QED) is 0.828. The number of halogens is 2. The van der Waals surface area contributed by atoms with Gasteiger partial charge in [-0.15, -0.1) is 0 Å². The van der Waals surface area contributed by atoms with Crippen molar-refractivity contribution in [3.63, 3.8) is 0 Å². The average Bonchev–Trinajstić information content (AvgIpc) is 2.15. The predicted octanol–water partition coefficient (Wildman–Crippen LogP) is 3.72. The van der Waals surface area contributed by atoms with Crippen LogP contribution in [0.5, 0.6) is 0 Å². The topological polar surface area (TPSA) is 20.2 Å². The molecule has 0 bridgehead atoms. The maximum Gasteiger partial charge on any atom is 0.0947 e. The van der Waals surface area contributed by atoms with Crippen LogP contribution in [0.3, 0.4) is 0 Å². The molecular weight excluding hydrogens is 263 g/mol. The molecule has 1 fully saturated rings. The summed E-state index contributed by atoms with van der Waals surface area (Å²) in [5.41, 5.74) is 0.123. The molecule has 1 aliphatic carbocycles. The monoisotopic (exact) mass is 274 g/mol. The van der Waals surface area contributed by atoms with Crippen molar-refractivity contribution in [2.45, 2.75) is 25.4 Å². The zero-order valence-corrected chi connectivity index (χ0v) is 10.3. The normalized spacial score (nSPS) is 31.3. The van der Waals surface area contributed by atoms with Gasteiger partial charge in [-0.25, -0.2) is 0 Å². The zero-order valence-electron chi connectivity index (χ0n) is 7.93. The van der Waals surface area contributed by atoms with E-state index in [1.165, 1.54) is 0 Å². The second-order valence-corrected chi connectivity index (χ2v) is 5.22. The van der Waals surface area contributed by atoms with Crippen LogP contribution in [0.1, 0.15) is 25.3 Å². The van der Waals surface area contributed by atoms with Crippen molar-refractivity contribution in [1.29, 1.82) is 0 Å². The predicted molar refractivity (Wildman–Crippen MR) is 61.4 cm³/mol. The van der Waals surface area contributed by atoms with Gasteiger partial charge in [-0.3, -0.25) is 0 Å². The maximum atomic E-state index is 10.4. The lowest BCUT2D eigenvalue weighted by molar-refractivity contribution is -0.0935. The van der Waals surface area contributed by atoms with E-state index in [2.05, 4.69) is 22.9 Å². The van der Waals surface area contributed by atoms with Crippen LogP contribution < -0.4 is 0 Å². The molecule has 0 aromatic heterocycles. The molecule has 14 heavy (non-hydrogen) atoms. The van der Waals surface area contributed by atoms with Crippen LogP contribution in [-0.4, -0.2) is 5.11 Å². The van der Waals surface area contributed by atoms with Crippen molar-refractivity contribution >= 4 is 27.5 Å². The third-order valence-electron chi connectivity index (χ3n) is 3.17. The van der Waals surface area contributed by atoms with Gasteiger partial charge in [0, 0.05) is 15.1 Å². The van der Waals surface area contributed by atoms with Crippen molar-refractivity contribution in [2.75, 3.05) is 0 Å². The Balaban J connectivity index is 2.50. The number of aliphatic hydroxyl groups is 1. The van der Waals surface area contributed by atoms with Crippen LogP contribution in [-0.2, 0) is 5.60 Å². The van der Waals surface area contributed by atoms with E-state index < -0.39 is 5.60 Å². The van der Waals surface area contributed by atoms with E-state index in [-0.39, 0.29) is 0 Å². The van der Waals surface area contributed by atoms with Gasteiger partial charge in [0.15, 0.2) is 0 Å². The fraction of sp³-hybridized carbons (Fsp3) is 0.455. The van der Waals surface area contributed by atoms with Crippen molar-refractivity contribution in [3.8, 4) is 0 Å². The summed E-state index contributed by atoms with van der Waals surface area (Å²) in [6.07, 6.45) is 1.87. The molecule has 0 saturated heterocycles. The summed E-state index contributed by atoms with van der Waals surface area (Å²) in [4.78, 5) is 0. The lowest BCUT2D eigenvalue weighted by Crippen LogP contribution is -2.43. The minimum Gasteiger partial charge on any atom is -0.385 e. The van der Waals surface area contributed by atoms with Gasteiger partial charge in [0.1, 0.15) is 0 Å². The zero-order chi connectivity index (χ0) is 10.3. The first kappa shape index (κ1) is 10.5. The van der Waals surface area contributed by atoms with E-state index in [0.717, 1.165) is 22.9 Å². The Morgan fingerprint density at radius 2 is 2.29 bits per heavy atom. The summed E-state index contributed by atoms with van der Waals surface area (Å²) in [5.74, 6) is 0.290. The third kappa shape index (κ3) is 1.40. The standard InChI is InChI=1S/C11H12BrClO/c1-7-5-6-11(7,14)10-8(12)3-2-4-9(10)13/h2-4,7,14H,5-6H2,1H3. The third-order valence-corrected chi connectivity index (χ3v) is 4.15. The molecule has 2 atom stereocenters. The van der Waals surface area contributed by atoms with E-state index in [1.807, 2.05) is 18.2 Å². The minimum absolute atomic E-state index is 0.290. The van der Waals surface area contributed by atoms with E-state index in [1.54, 1.807) is 0 Å². The van der Waals surface area contributed by atoms with Crippen LogP contribution in [0.15, 0.2) is 22.7 Å². The van der Waals surface area contributed by atoms with Gasteiger partial charge in [-0.05, 0) is 30.9 Å². The summed E-state index contributed by atoms with van der Waals surface area (Å²) < 4.78 is 0.902. The molecule has 1 N–H and O–H groups in total. The van der Waals surface area contributed by atoms with Gasteiger partial charge in [0.25, 0.3) is 0 Å². The molecule has 0 heterocycles. The van der Waals surface area contributed by atoms with E-state index in [4.69, 9.17) is 11.6 Å². The molecule has 0 spiro atoms. The van der Waals surface area contributed by atoms with Crippen molar-refractivity contribution in [1.82, 2.24) is 0 Å². The Labute approximate surface area is 97.2 Å². The molecule has 1 aromatic rings. The minimum atomic E-state index is -0.725. The number of rotatable bonds is 1. The molecule has 1 nitrogen and oxygen atoms in total. The number of benzene rings is 1. The van der Waals surface area contributed by atoms with Gasteiger partial charge in [0.2, 0.25) is 0 Å². The summed E-state index contributed by atoms with van der Waals surface area (Å²) in [7, 11) is 0. The fourth-order valence-electron chi connectivity index (χ4n) is 1.99. The fourth-order valence-corrected chi connectivity index (χ4v) is 3.15. The lowest BCUT2D eigenvalue weighted by atomic mass is 9.67. The highest BCUT2D eigenvalue weighted by atomic mass is 79.9. The molecule has 0 amide bonds. The van der Waals surface area contributed by atoms with Crippen LogP contribution in [0.4, 0.5) is 0 Å². The molecule has 1 aliphatic rings. The first-order valence-corrected chi connectivity index (χ1v) is 5.89. The van der Waals surface area contributed by atoms with Crippen molar-refractivity contribution in [2.24, 2.45) is 5.92 Å². The van der Waals surface area contributed by atoms with Gasteiger partial charge in [0.05, 0.1) is 5.60 Å². The van der Waals surface area contributed by atoms with Gasteiger partial charge < -0.3 is 5.11 Å². The van der Waals surface area contributed by atoms with Crippen LogP contribution in [0.25, 0.3) is 0 Å². The average molecular weight is 276 g/mol. The smallest absolute Gasteiger partial charge is 0.0947 e. The Hall–Kier alpha value is -0.0500. The molecule has 3 heteroatoms. The largest absolute Gasteiger partial charge is 0.385 e. The van der Waals surface area contributed by atoms with Gasteiger partial charge in [-0.1, -0.05) is 40.5 Å². The molecule has 0 aliphatic heterocycles. The molecule has 1 aromatic carbocycles. The highest BCUT2D eigenvalue weighted by molar-refractivity contribution is 9.10. The highest BCUT2D eigenvalue weighted by Gasteiger charge is 2.45. The Kier molecular flexibility index (Phi) is 2.63. The first-order chi connectivity index (χ1) is 6.55. The van der Waals surface area contributed by atoms with Crippen LogP contribution >= 0.6 is 27.5 Å². The van der Waals surface area contributed by atoms with E-state index in [0.29, 0.717) is 10.9 Å². The number of hydrogen-bond donors (Lipinski definition) is 1. The Morgan fingerprint density at radius 3 is 2.71 bits per heavy atom. The van der Waals surface area contributed by atoms with Gasteiger partial charge >= 0.3 is 0 Å². The summed E-state index contributed by atoms with van der Waals surface area (Å²) in [5, 5.41) is 11.0. The van der Waals surface area contributed by atoms with E-state index in [9.17, 15) is 5.11 Å². The lowest BCUT2D eigenvalue weighted by Gasteiger charge is -2.44. The van der Waals surface area contributed by atoms with Crippen LogP contribution in [0, 0.1) is 5.92 Å². The summed E-state index contributed by atoms with van der Waals surface area (Å²) in [6.45, 7) is 2.05. The highest BCUT2D eigenvalue weighted by Crippen LogP contribution is 2.50. The van der Waals surface area contributed by atoms with Gasteiger partial charge in [-0.2, -0.15) is 0 Å². The second kappa shape index (κ2) is 3.51. The Morgan fingerprint density at radius 1 is 1.57 bits per heavy atom. The molecule has 76 valence electrons. The van der Waals surface area contributed by atoms with Crippen molar-refractivity contribution < 1.29 is 5.11 Å². The molecule has 2 unspecified atom stereocenters. The van der Waals surface area contributed by atoms with E-state index >= 15 is 0 Å².